The van der Waals surface area contributed by atoms with Crippen LogP contribution >= 0.6 is 12.2 Å². The second-order valence-electron chi connectivity index (χ2n) is 6.40. The van der Waals surface area contributed by atoms with E-state index in [4.69, 9.17) is 21.7 Å². The van der Waals surface area contributed by atoms with E-state index in [1.807, 2.05) is 12.3 Å². The van der Waals surface area contributed by atoms with Crippen LogP contribution in [0.4, 0.5) is 0 Å². The Bertz CT molecular complexity index is 813. The fourth-order valence-electron chi connectivity index (χ4n) is 3.28. The smallest absolute Gasteiger partial charge is 0.257 e. The topological polar surface area (TPSA) is 63.7 Å². The number of amides is 1. The minimum atomic E-state index is -0.260. The van der Waals surface area contributed by atoms with Gasteiger partial charge in [-0.3, -0.25) is 15.1 Å². The molecule has 2 aromatic rings. The molecule has 0 saturated carbocycles. The summed E-state index contributed by atoms with van der Waals surface area (Å²) in [5.74, 6) is 1.19. The highest BCUT2D eigenvalue weighted by Crippen LogP contribution is 2.28. The molecule has 1 amide bonds. The Morgan fingerprint density at radius 1 is 1.26 bits per heavy atom. The zero-order chi connectivity index (χ0) is 19.2. The van der Waals surface area contributed by atoms with Crippen LogP contribution in [-0.2, 0) is 0 Å². The molecule has 1 fully saturated rings. The molecule has 1 aromatic carbocycles. The molecule has 1 saturated heterocycles. The van der Waals surface area contributed by atoms with Gasteiger partial charge in [-0.25, -0.2) is 0 Å². The zero-order valence-corrected chi connectivity index (χ0v) is 16.3. The van der Waals surface area contributed by atoms with E-state index in [-0.39, 0.29) is 5.91 Å². The van der Waals surface area contributed by atoms with Crippen LogP contribution in [0.25, 0.3) is 0 Å². The first-order chi connectivity index (χ1) is 13.1. The molecule has 1 aliphatic heterocycles. The SMILES string of the molecule is COc1ccc(C(=O)NC(=S)N2CCCC(c3cccnc3)C2)cc1OC. The van der Waals surface area contributed by atoms with Crippen LogP contribution in [0.1, 0.15) is 34.7 Å². The van der Waals surface area contributed by atoms with Crippen molar-refractivity contribution in [1.82, 2.24) is 15.2 Å². The standard InChI is InChI=1S/C20H23N3O3S/c1-25-17-8-7-14(11-18(17)26-2)19(24)22-20(27)23-10-4-6-16(13-23)15-5-3-9-21-12-15/h3,5,7-9,11-12,16H,4,6,10,13H2,1-2H3,(H,22,24,27). The maximum Gasteiger partial charge on any atom is 0.257 e. The second kappa shape index (κ2) is 8.81. The Balaban J connectivity index is 1.65. The molecular formula is C20H23N3O3S. The fraction of sp³-hybridized carbons (Fsp3) is 0.350. The molecule has 1 aromatic heterocycles. The molecule has 3 rings (SSSR count). The van der Waals surface area contributed by atoms with Gasteiger partial charge in [0, 0.05) is 37.0 Å². The minimum absolute atomic E-state index is 0.260. The van der Waals surface area contributed by atoms with Crippen molar-refractivity contribution in [3.63, 3.8) is 0 Å². The Labute approximate surface area is 164 Å². The van der Waals surface area contributed by atoms with Crippen LogP contribution in [0.2, 0.25) is 0 Å². The third-order valence-corrected chi connectivity index (χ3v) is 5.09. The Morgan fingerprint density at radius 2 is 2.07 bits per heavy atom. The van der Waals surface area contributed by atoms with Crippen LogP contribution in [0.5, 0.6) is 11.5 Å². The van der Waals surface area contributed by atoms with E-state index >= 15 is 0 Å². The lowest BCUT2D eigenvalue weighted by Crippen LogP contribution is -2.46. The highest BCUT2D eigenvalue weighted by Gasteiger charge is 2.24. The molecule has 0 bridgehead atoms. The molecule has 1 N–H and O–H groups in total. The van der Waals surface area contributed by atoms with Crippen molar-refractivity contribution in [1.29, 1.82) is 0 Å². The van der Waals surface area contributed by atoms with E-state index in [0.717, 1.165) is 25.9 Å². The number of hydrogen-bond acceptors (Lipinski definition) is 5. The molecule has 0 spiro atoms. The molecule has 1 atom stereocenters. The molecule has 0 aliphatic carbocycles. The largest absolute Gasteiger partial charge is 0.493 e. The molecule has 1 unspecified atom stereocenters. The average molecular weight is 385 g/mol. The summed E-state index contributed by atoms with van der Waals surface area (Å²) in [6.07, 6.45) is 5.79. The van der Waals surface area contributed by atoms with Gasteiger partial charge in [0.1, 0.15) is 0 Å². The zero-order valence-electron chi connectivity index (χ0n) is 15.5. The summed E-state index contributed by atoms with van der Waals surface area (Å²) in [7, 11) is 3.10. The molecule has 0 radical (unpaired) electrons. The molecule has 27 heavy (non-hydrogen) atoms. The van der Waals surface area contributed by atoms with Crippen LogP contribution in [-0.4, -0.2) is 48.2 Å². The summed E-state index contributed by atoms with van der Waals surface area (Å²) >= 11 is 5.49. The number of benzene rings is 1. The maximum atomic E-state index is 12.6. The van der Waals surface area contributed by atoms with Crippen LogP contribution < -0.4 is 14.8 Å². The number of methoxy groups -OCH3 is 2. The van der Waals surface area contributed by atoms with Gasteiger partial charge in [-0.15, -0.1) is 0 Å². The van der Waals surface area contributed by atoms with Crippen molar-refractivity contribution in [2.45, 2.75) is 18.8 Å². The van der Waals surface area contributed by atoms with Gasteiger partial charge < -0.3 is 14.4 Å². The minimum Gasteiger partial charge on any atom is -0.493 e. The summed E-state index contributed by atoms with van der Waals surface area (Å²) in [6, 6.07) is 9.08. The van der Waals surface area contributed by atoms with E-state index in [1.54, 1.807) is 31.5 Å². The number of carbonyl (C=O) groups excluding carboxylic acids is 1. The Morgan fingerprint density at radius 3 is 2.78 bits per heavy atom. The molecular weight excluding hydrogens is 362 g/mol. The average Bonchev–Trinajstić information content (AvgIpc) is 2.73. The fourth-order valence-corrected chi connectivity index (χ4v) is 3.54. The van der Waals surface area contributed by atoms with Crippen LogP contribution in [0.15, 0.2) is 42.7 Å². The first kappa shape index (κ1) is 19.1. The van der Waals surface area contributed by atoms with E-state index in [0.29, 0.717) is 28.1 Å². The molecule has 7 heteroatoms. The molecule has 6 nitrogen and oxygen atoms in total. The van der Waals surface area contributed by atoms with Gasteiger partial charge in [0.25, 0.3) is 5.91 Å². The third-order valence-electron chi connectivity index (χ3n) is 4.73. The van der Waals surface area contributed by atoms with E-state index in [1.165, 1.54) is 12.7 Å². The molecule has 1 aliphatic rings. The number of nitrogens with one attached hydrogen (secondary N) is 1. The van der Waals surface area contributed by atoms with Gasteiger partial charge in [-0.2, -0.15) is 0 Å². The van der Waals surface area contributed by atoms with Gasteiger partial charge in [0.2, 0.25) is 0 Å². The highest BCUT2D eigenvalue weighted by atomic mass is 32.1. The Kier molecular flexibility index (Phi) is 6.24. The van der Waals surface area contributed by atoms with Gasteiger partial charge in [-0.1, -0.05) is 6.07 Å². The molecule has 142 valence electrons. The van der Waals surface area contributed by atoms with Crippen molar-refractivity contribution in [2.75, 3.05) is 27.3 Å². The summed E-state index contributed by atoms with van der Waals surface area (Å²) in [4.78, 5) is 18.8. The number of aromatic nitrogens is 1. The number of likely N-dealkylation sites (tertiary alicyclic amines) is 1. The first-order valence-electron chi connectivity index (χ1n) is 8.84. The summed E-state index contributed by atoms with van der Waals surface area (Å²) in [5, 5.41) is 3.28. The lowest BCUT2D eigenvalue weighted by Gasteiger charge is -2.34. The first-order valence-corrected chi connectivity index (χ1v) is 9.25. The predicted octanol–water partition coefficient (Wildman–Crippen LogP) is 2.99. The number of carbonyl (C=O) groups is 1. The summed E-state index contributed by atoms with van der Waals surface area (Å²) in [6.45, 7) is 1.61. The number of piperidine rings is 1. The lowest BCUT2D eigenvalue weighted by atomic mass is 9.92. The lowest BCUT2D eigenvalue weighted by molar-refractivity contribution is 0.0971. The normalized spacial score (nSPS) is 16.5. The Hall–Kier alpha value is -2.67. The van der Waals surface area contributed by atoms with Crippen LogP contribution in [0, 0.1) is 0 Å². The molecule has 2 heterocycles. The quantitative estimate of drug-likeness (QED) is 0.817. The van der Waals surface area contributed by atoms with Gasteiger partial charge >= 0.3 is 0 Å². The number of pyridine rings is 1. The summed E-state index contributed by atoms with van der Waals surface area (Å²) in [5.41, 5.74) is 1.67. The number of rotatable bonds is 4. The summed E-state index contributed by atoms with van der Waals surface area (Å²) < 4.78 is 10.5. The van der Waals surface area contributed by atoms with Crippen molar-refractivity contribution in [3.05, 3.63) is 53.9 Å². The highest BCUT2D eigenvalue weighted by molar-refractivity contribution is 7.80. The van der Waals surface area contributed by atoms with E-state index in [9.17, 15) is 4.79 Å². The monoisotopic (exact) mass is 385 g/mol. The van der Waals surface area contributed by atoms with Crippen molar-refractivity contribution < 1.29 is 14.3 Å². The van der Waals surface area contributed by atoms with Gasteiger partial charge in [0.15, 0.2) is 16.6 Å². The van der Waals surface area contributed by atoms with Crippen LogP contribution in [0.3, 0.4) is 0 Å². The second-order valence-corrected chi connectivity index (χ2v) is 6.79. The maximum absolute atomic E-state index is 12.6. The predicted molar refractivity (Wildman–Crippen MR) is 107 cm³/mol. The number of ether oxygens (including phenoxy) is 2. The number of thiocarbonyl (C=S) groups is 1. The number of nitrogens with zero attached hydrogens (tertiary/aromatic N) is 2. The third kappa shape index (κ3) is 4.54. The van der Waals surface area contributed by atoms with Crippen molar-refractivity contribution in [2.24, 2.45) is 0 Å². The van der Waals surface area contributed by atoms with E-state index in [2.05, 4.69) is 21.3 Å². The van der Waals surface area contributed by atoms with Gasteiger partial charge in [0.05, 0.1) is 14.2 Å². The van der Waals surface area contributed by atoms with Crippen molar-refractivity contribution in [3.8, 4) is 11.5 Å². The van der Waals surface area contributed by atoms with Gasteiger partial charge in [-0.05, 0) is 54.9 Å². The van der Waals surface area contributed by atoms with Crippen molar-refractivity contribution >= 4 is 23.2 Å². The number of hydrogen-bond donors (Lipinski definition) is 1. The van der Waals surface area contributed by atoms with E-state index < -0.39 is 0 Å².